The second-order valence-corrected chi connectivity index (χ2v) is 5.12. The molecule has 0 fully saturated rings. The predicted octanol–water partition coefficient (Wildman–Crippen LogP) is 4.21. The highest BCUT2D eigenvalue weighted by Gasteiger charge is 2.12. The summed E-state index contributed by atoms with van der Waals surface area (Å²) in [5, 5.41) is 3.54. The standard InChI is InChI=1S/C15H20BrN/c1-4-6-7-8-15(17-5-2)14-11-13(16)10-9-12(14)3/h1,9-11,15,17H,5-8H2,2-3H3. The van der Waals surface area contributed by atoms with E-state index < -0.39 is 0 Å². The highest BCUT2D eigenvalue weighted by molar-refractivity contribution is 9.10. The first-order valence-corrected chi connectivity index (χ1v) is 6.91. The first-order chi connectivity index (χ1) is 8.19. The quantitative estimate of drug-likeness (QED) is 0.612. The Balaban J connectivity index is 2.81. The summed E-state index contributed by atoms with van der Waals surface area (Å²) < 4.78 is 1.14. The van der Waals surface area contributed by atoms with Crippen LogP contribution in [0.25, 0.3) is 0 Å². The number of aryl methyl sites for hydroxylation is 1. The van der Waals surface area contributed by atoms with Gasteiger partial charge in [-0.1, -0.05) is 28.9 Å². The molecule has 1 N–H and O–H groups in total. The molecule has 1 rings (SSSR count). The van der Waals surface area contributed by atoms with E-state index in [4.69, 9.17) is 6.42 Å². The van der Waals surface area contributed by atoms with Crippen LogP contribution in [-0.2, 0) is 0 Å². The molecule has 1 unspecified atom stereocenters. The number of rotatable bonds is 6. The molecule has 1 atom stereocenters. The molecule has 0 spiro atoms. The van der Waals surface area contributed by atoms with Gasteiger partial charge in [0.15, 0.2) is 0 Å². The Kier molecular flexibility index (Phi) is 6.32. The van der Waals surface area contributed by atoms with Gasteiger partial charge in [0.25, 0.3) is 0 Å². The number of unbranched alkanes of at least 4 members (excludes halogenated alkanes) is 1. The molecule has 0 aromatic heterocycles. The minimum absolute atomic E-state index is 0.408. The lowest BCUT2D eigenvalue weighted by Crippen LogP contribution is -2.21. The maximum Gasteiger partial charge on any atom is 0.0323 e. The van der Waals surface area contributed by atoms with Crippen molar-refractivity contribution >= 4 is 15.9 Å². The Hall–Kier alpha value is -0.780. The van der Waals surface area contributed by atoms with Crippen molar-refractivity contribution in [1.29, 1.82) is 0 Å². The van der Waals surface area contributed by atoms with E-state index in [0.29, 0.717) is 6.04 Å². The van der Waals surface area contributed by atoms with Crippen LogP contribution in [0.4, 0.5) is 0 Å². The monoisotopic (exact) mass is 293 g/mol. The van der Waals surface area contributed by atoms with Gasteiger partial charge in [0.1, 0.15) is 0 Å². The van der Waals surface area contributed by atoms with Crippen LogP contribution in [0.15, 0.2) is 22.7 Å². The third-order valence-corrected chi connectivity index (χ3v) is 3.37. The van der Waals surface area contributed by atoms with Gasteiger partial charge in [0.2, 0.25) is 0 Å². The summed E-state index contributed by atoms with van der Waals surface area (Å²) in [4.78, 5) is 0. The second kappa shape index (κ2) is 7.53. The van der Waals surface area contributed by atoms with Crippen molar-refractivity contribution in [2.45, 2.75) is 39.2 Å². The third kappa shape index (κ3) is 4.53. The predicted molar refractivity (Wildman–Crippen MR) is 78.0 cm³/mol. The largest absolute Gasteiger partial charge is 0.310 e. The topological polar surface area (TPSA) is 12.0 Å². The molecule has 0 aliphatic heterocycles. The molecule has 0 saturated carbocycles. The Morgan fingerprint density at radius 3 is 2.88 bits per heavy atom. The summed E-state index contributed by atoms with van der Waals surface area (Å²) in [5.74, 6) is 2.71. The van der Waals surface area contributed by atoms with Gasteiger partial charge in [-0.25, -0.2) is 0 Å². The van der Waals surface area contributed by atoms with E-state index in [-0.39, 0.29) is 0 Å². The smallest absolute Gasteiger partial charge is 0.0323 e. The Labute approximate surface area is 113 Å². The zero-order valence-corrected chi connectivity index (χ0v) is 12.2. The molecule has 0 aliphatic rings. The van der Waals surface area contributed by atoms with E-state index >= 15 is 0 Å². The lowest BCUT2D eigenvalue weighted by molar-refractivity contribution is 0.500. The van der Waals surface area contributed by atoms with Gasteiger partial charge in [0, 0.05) is 16.9 Å². The molecular weight excluding hydrogens is 274 g/mol. The zero-order valence-electron chi connectivity index (χ0n) is 10.6. The molecule has 92 valence electrons. The van der Waals surface area contributed by atoms with Gasteiger partial charge in [-0.05, 0) is 49.6 Å². The van der Waals surface area contributed by atoms with Crippen molar-refractivity contribution in [3.63, 3.8) is 0 Å². The lowest BCUT2D eigenvalue weighted by atomic mass is 9.97. The number of terminal acetylenes is 1. The van der Waals surface area contributed by atoms with Gasteiger partial charge in [-0.15, -0.1) is 12.3 Å². The molecule has 0 saturated heterocycles. The fraction of sp³-hybridized carbons (Fsp3) is 0.467. The van der Waals surface area contributed by atoms with E-state index in [1.807, 2.05) is 0 Å². The van der Waals surface area contributed by atoms with Crippen LogP contribution in [0, 0.1) is 19.3 Å². The number of nitrogens with one attached hydrogen (secondary N) is 1. The van der Waals surface area contributed by atoms with Crippen LogP contribution >= 0.6 is 15.9 Å². The average molecular weight is 294 g/mol. The van der Waals surface area contributed by atoms with Gasteiger partial charge < -0.3 is 5.32 Å². The van der Waals surface area contributed by atoms with E-state index in [9.17, 15) is 0 Å². The molecule has 1 aromatic carbocycles. The highest BCUT2D eigenvalue weighted by atomic mass is 79.9. The fourth-order valence-corrected chi connectivity index (χ4v) is 2.39. The molecule has 2 heteroatoms. The number of hydrogen-bond acceptors (Lipinski definition) is 1. The zero-order chi connectivity index (χ0) is 12.7. The summed E-state index contributed by atoms with van der Waals surface area (Å²) in [5.41, 5.74) is 2.71. The first kappa shape index (κ1) is 14.3. The summed E-state index contributed by atoms with van der Waals surface area (Å²) in [6, 6.07) is 6.86. The first-order valence-electron chi connectivity index (χ1n) is 6.12. The molecule has 0 bridgehead atoms. The highest BCUT2D eigenvalue weighted by Crippen LogP contribution is 2.25. The maximum absolute atomic E-state index is 5.30. The summed E-state index contributed by atoms with van der Waals surface area (Å²) in [6.45, 7) is 5.28. The number of hydrogen-bond donors (Lipinski definition) is 1. The van der Waals surface area contributed by atoms with E-state index in [1.54, 1.807) is 0 Å². The van der Waals surface area contributed by atoms with E-state index in [0.717, 1.165) is 30.3 Å². The Bertz CT molecular complexity index is 392. The van der Waals surface area contributed by atoms with Gasteiger partial charge in [0.05, 0.1) is 0 Å². The molecule has 17 heavy (non-hydrogen) atoms. The van der Waals surface area contributed by atoms with Crippen LogP contribution in [0.1, 0.15) is 43.4 Å². The molecule has 0 heterocycles. The van der Waals surface area contributed by atoms with Crippen LogP contribution in [0.3, 0.4) is 0 Å². The van der Waals surface area contributed by atoms with Crippen molar-refractivity contribution in [2.24, 2.45) is 0 Å². The van der Waals surface area contributed by atoms with Crippen molar-refractivity contribution in [1.82, 2.24) is 5.32 Å². The normalized spacial score (nSPS) is 12.1. The SMILES string of the molecule is C#CCCCC(NCC)c1cc(Br)ccc1C. The van der Waals surface area contributed by atoms with Crippen LogP contribution in [0.5, 0.6) is 0 Å². The van der Waals surface area contributed by atoms with E-state index in [1.165, 1.54) is 11.1 Å². The van der Waals surface area contributed by atoms with Crippen molar-refractivity contribution < 1.29 is 0 Å². The minimum atomic E-state index is 0.408. The van der Waals surface area contributed by atoms with Gasteiger partial charge in [-0.2, -0.15) is 0 Å². The summed E-state index contributed by atoms with van der Waals surface area (Å²) in [7, 11) is 0. The molecule has 0 radical (unpaired) electrons. The van der Waals surface area contributed by atoms with Crippen LogP contribution in [0.2, 0.25) is 0 Å². The van der Waals surface area contributed by atoms with Crippen molar-refractivity contribution in [2.75, 3.05) is 6.54 Å². The summed E-state index contributed by atoms with van der Waals surface area (Å²) >= 11 is 3.54. The van der Waals surface area contributed by atoms with E-state index in [2.05, 4.69) is 59.2 Å². The molecule has 1 aromatic rings. The lowest BCUT2D eigenvalue weighted by Gasteiger charge is -2.20. The van der Waals surface area contributed by atoms with Crippen molar-refractivity contribution in [3.8, 4) is 12.3 Å². The molecular formula is C15H20BrN. The van der Waals surface area contributed by atoms with Crippen molar-refractivity contribution in [3.05, 3.63) is 33.8 Å². The van der Waals surface area contributed by atoms with Crippen LogP contribution < -0.4 is 5.32 Å². The average Bonchev–Trinajstić information content (AvgIpc) is 2.32. The number of benzene rings is 1. The third-order valence-electron chi connectivity index (χ3n) is 2.88. The number of halogens is 1. The van der Waals surface area contributed by atoms with Gasteiger partial charge >= 0.3 is 0 Å². The second-order valence-electron chi connectivity index (χ2n) is 4.21. The minimum Gasteiger partial charge on any atom is -0.310 e. The Morgan fingerprint density at radius 1 is 1.47 bits per heavy atom. The van der Waals surface area contributed by atoms with Crippen LogP contribution in [-0.4, -0.2) is 6.54 Å². The van der Waals surface area contributed by atoms with Gasteiger partial charge in [-0.3, -0.25) is 0 Å². The molecule has 0 amide bonds. The maximum atomic E-state index is 5.30. The summed E-state index contributed by atoms with van der Waals surface area (Å²) in [6.07, 6.45) is 8.32. The fourth-order valence-electron chi connectivity index (χ4n) is 2.01. The Morgan fingerprint density at radius 2 is 2.24 bits per heavy atom. The molecule has 0 aliphatic carbocycles. The molecule has 1 nitrogen and oxygen atoms in total.